The van der Waals surface area contributed by atoms with Crippen molar-refractivity contribution in [2.45, 2.75) is 6.92 Å². The van der Waals surface area contributed by atoms with Crippen LogP contribution in [0.3, 0.4) is 0 Å². The fourth-order valence-electron chi connectivity index (χ4n) is 3.10. The van der Waals surface area contributed by atoms with Crippen LogP contribution in [0, 0.1) is 11.8 Å². The normalized spacial score (nSPS) is 10.3. The Hall–Kier alpha value is -3.53. The van der Waals surface area contributed by atoms with Crippen molar-refractivity contribution in [3.8, 4) is 23.0 Å². The number of amides is 2. The van der Waals surface area contributed by atoms with Crippen LogP contribution in [-0.4, -0.2) is 11.0 Å². The minimum atomic E-state index is -0.345. The van der Waals surface area contributed by atoms with Crippen molar-refractivity contribution in [2.24, 2.45) is 0 Å². The Balaban J connectivity index is 1.56. The van der Waals surface area contributed by atoms with Crippen molar-refractivity contribution in [3.05, 3.63) is 70.7 Å². The zero-order chi connectivity index (χ0) is 21.1. The van der Waals surface area contributed by atoms with Crippen molar-refractivity contribution >= 4 is 56.2 Å². The molecule has 5 nitrogen and oxygen atoms in total. The standard InChI is InChI=1S/C23H17ClN4OS/c1-2-4-15-12-26-22(25)20-19(13-30-21(15)20)14-7-9-17(10-8-14)27-23(29)28-18-6-3-5-16(24)11-18/h3,5-13H,1H3,(H2,25,26)(H2,27,28,29). The van der Waals surface area contributed by atoms with Crippen LogP contribution in [0.2, 0.25) is 5.02 Å². The lowest BCUT2D eigenvalue weighted by Gasteiger charge is -2.09. The van der Waals surface area contributed by atoms with Gasteiger partial charge in [0.1, 0.15) is 5.82 Å². The van der Waals surface area contributed by atoms with Crippen molar-refractivity contribution in [3.63, 3.8) is 0 Å². The van der Waals surface area contributed by atoms with E-state index >= 15 is 0 Å². The number of rotatable bonds is 3. The molecule has 0 fully saturated rings. The number of carbonyl (C=O) groups is 1. The number of aromatic nitrogens is 1. The molecule has 0 aliphatic carbocycles. The average molecular weight is 433 g/mol. The maximum atomic E-state index is 12.2. The summed E-state index contributed by atoms with van der Waals surface area (Å²) in [6.45, 7) is 1.80. The van der Waals surface area contributed by atoms with Gasteiger partial charge in [0.25, 0.3) is 0 Å². The molecule has 2 amide bonds. The fourth-order valence-corrected chi connectivity index (χ4v) is 4.34. The van der Waals surface area contributed by atoms with Crippen molar-refractivity contribution in [1.82, 2.24) is 4.98 Å². The van der Waals surface area contributed by atoms with E-state index in [0.29, 0.717) is 22.2 Å². The van der Waals surface area contributed by atoms with Gasteiger partial charge < -0.3 is 16.4 Å². The van der Waals surface area contributed by atoms with Crippen LogP contribution in [0.1, 0.15) is 12.5 Å². The monoisotopic (exact) mass is 432 g/mol. The number of hydrogen-bond acceptors (Lipinski definition) is 4. The van der Waals surface area contributed by atoms with E-state index in [9.17, 15) is 4.79 Å². The number of halogens is 1. The minimum Gasteiger partial charge on any atom is -0.383 e. The first-order valence-corrected chi connectivity index (χ1v) is 10.3. The summed E-state index contributed by atoms with van der Waals surface area (Å²) in [7, 11) is 0. The van der Waals surface area contributed by atoms with E-state index in [4.69, 9.17) is 17.3 Å². The molecule has 30 heavy (non-hydrogen) atoms. The Labute approximate surface area is 182 Å². The van der Waals surface area contributed by atoms with E-state index in [1.807, 2.05) is 24.3 Å². The van der Waals surface area contributed by atoms with E-state index < -0.39 is 0 Å². The van der Waals surface area contributed by atoms with Gasteiger partial charge in [0.15, 0.2) is 0 Å². The molecule has 0 atom stereocenters. The van der Waals surface area contributed by atoms with E-state index in [1.54, 1.807) is 48.7 Å². The number of nitrogen functional groups attached to an aromatic ring is 1. The smallest absolute Gasteiger partial charge is 0.323 e. The number of pyridine rings is 1. The van der Waals surface area contributed by atoms with Gasteiger partial charge in [-0.1, -0.05) is 35.7 Å². The van der Waals surface area contributed by atoms with E-state index in [0.717, 1.165) is 26.8 Å². The summed E-state index contributed by atoms with van der Waals surface area (Å²) in [6, 6.07) is 14.2. The van der Waals surface area contributed by atoms with Gasteiger partial charge in [-0.2, -0.15) is 0 Å². The Morgan fingerprint density at radius 3 is 2.63 bits per heavy atom. The molecule has 148 valence electrons. The molecule has 4 aromatic rings. The fraction of sp³-hybridized carbons (Fsp3) is 0.0435. The predicted molar refractivity (Wildman–Crippen MR) is 126 cm³/mol. The molecule has 2 aromatic heterocycles. The van der Waals surface area contributed by atoms with Gasteiger partial charge in [-0.15, -0.1) is 17.3 Å². The lowest BCUT2D eigenvalue weighted by molar-refractivity contribution is 0.262. The van der Waals surface area contributed by atoms with Gasteiger partial charge in [0, 0.05) is 33.5 Å². The summed E-state index contributed by atoms with van der Waals surface area (Å²) in [5.74, 6) is 6.47. The summed E-state index contributed by atoms with van der Waals surface area (Å²) in [4.78, 5) is 16.5. The second-order valence-electron chi connectivity index (χ2n) is 6.45. The molecular formula is C23H17ClN4OS. The van der Waals surface area contributed by atoms with Gasteiger partial charge in [0.05, 0.1) is 10.3 Å². The maximum Gasteiger partial charge on any atom is 0.323 e. The van der Waals surface area contributed by atoms with Gasteiger partial charge in [-0.05, 0) is 48.2 Å². The number of hydrogen-bond donors (Lipinski definition) is 3. The Morgan fingerprint density at radius 2 is 1.90 bits per heavy atom. The number of anilines is 3. The Bertz CT molecular complexity index is 1300. The van der Waals surface area contributed by atoms with E-state index in [2.05, 4.69) is 32.8 Å². The lowest BCUT2D eigenvalue weighted by Crippen LogP contribution is -2.19. The van der Waals surface area contributed by atoms with Crippen molar-refractivity contribution in [2.75, 3.05) is 16.4 Å². The molecule has 0 saturated heterocycles. The molecule has 0 bridgehead atoms. The van der Waals surface area contributed by atoms with Crippen LogP contribution in [0.15, 0.2) is 60.1 Å². The van der Waals surface area contributed by atoms with Crippen LogP contribution in [-0.2, 0) is 0 Å². The molecule has 2 heterocycles. The second-order valence-corrected chi connectivity index (χ2v) is 7.77. The molecule has 4 N–H and O–H groups in total. The summed E-state index contributed by atoms with van der Waals surface area (Å²) >= 11 is 7.54. The SMILES string of the molecule is CC#Cc1cnc(N)c2c(-c3ccc(NC(=O)Nc4cccc(Cl)c4)cc3)csc12. The second kappa shape index (κ2) is 8.46. The third kappa shape index (κ3) is 4.08. The minimum absolute atomic E-state index is 0.345. The van der Waals surface area contributed by atoms with Gasteiger partial charge in [-0.3, -0.25) is 0 Å². The number of thiophene rings is 1. The van der Waals surface area contributed by atoms with E-state index in [-0.39, 0.29) is 6.03 Å². The van der Waals surface area contributed by atoms with Crippen LogP contribution in [0.25, 0.3) is 21.2 Å². The number of carbonyl (C=O) groups excluding carboxylic acids is 1. The largest absolute Gasteiger partial charge is 0.383 e. The molecule has 2 aromatic carbocycles. The van der Waals surface area contributed by atoms with Crippen LogP contribution < -0.4 is 16.4 Å². The third-order valence-corrected chi connectivity index (χ3v) is 5.67. The molecule has 0 spiro atoms. The van der Waals surface area contributed by atoms with Gasteiger partial charge in [0.2, 0.25) is 0 Å². The quantitative estimate of drug-likeness (QED) is 0.336. The first-order valence-electron chi connectivity index (χ1n) is 9.07. The highest BCUT2D eigenvalue weighted by molar-refractivity contribution is 7.18. The van der Waals surface area contributed by atoms with Crippen molar-refractivity contribution in [1.29, 1.82) is 0 Å². The zero-order valence-corrected chi connectivity index (χ0v) is 17.6. The summed E-state index contributed by atoms with van der Waals surface area (Å²) in [5, 5.41) is 9.08. The molecule has 0 aliphatic heterocycles. The number of fused-ring (bicyclic) bond motifs is 1. The first kappa shape index (κ1) is 19.8. The van der Waals surface area contributed by atoms with Gasteiger partial charge in [-0.25, -0.2) is 9.78 Å². The predicted octanol–water partition coefficient (Wildman–Crippen LogP) is 6.21. The molecular weight excluding hydrogens is 416 g/mol. The topological polar surface area (TPSA) is 80.0 Å². The Morgan fingerprint density at radius 1 is 1.13 bits per heavy atom. The molecule has 0 unspecified atom stereocenters. The number of nitrogens with zero attached hydrogens (tertiary/aromatic N) is 1. The summed E-state index contributed by atoms with van der Waals surface area (Å²) < 4.78 is 1.02. The number of benzene rings is 2. The number of urea groups is 1. The van der Waals surface area contributed by atoms with Gasteiger partial charge >= 0.3 is 6.03 Å². The molecule has 0 radical (unpaired) electrons. The maximum absolute atomic E-state index is 12.2. The van der Waals surface area contributed by atoms with Crippen LogP contribution in [0.4, 0.5) is 22.0 Å². The highest BCUT2D eigenvalue weighted by Crippen LogP contribution is 2.38. The lowest BCUT2D eigenvalue weighted by atomic mass is 10.0. The first-order chi connectivity index (χ1) is 14.5. The molecule has 7 heteroatoms. The Kier molecular flexibility index (Phi) is 5.57. The summed E-state index contributed by atoms with van der Waals surface area (Å²) in [6.07, 6.45) is 1.71. The number of nitrogens with two attached hydrogens (primary N) is 1. The average Bonchev–Trinajstić information content (AvgIpc) is 3.17. The van der Waals surface area contributed by atoms with Crippen LogP contribution >= 0.6 is 22.9 Å². The zero-order valence-electron chi connectivity index (χ0n) is 16.0. The van der Waals surface area contributed by atoms with Crippen molar-refractivity contribution < 1.29 is 4.79 Å². The molecule has 4 rings (SSSR count). The third-order valence-electron chi connectivity index (χ3n) is 4.42. The number of nitrogens with one attached hydrogen (secondary N) is 2. The molecule has 0 saturated carbocycles. The highest BCUT2D eigenvalue weighted by atomic mass is 35.5. The summed E-state index contributed by atoms with van der Waals surface area (Å²) in [5.41, 5.74) is 10.3. The molecule has 0 aliphatic rings. The van der Waals surface area contributed by atoms with E-state index in [1.165, 1.54) is 0 Å². The highest BCUT2D eigenvalue weighted by Gasteiger charge is 2.13. The van der Waals surface area contributed by atoms with Crippen LogP contribution in [0.5, 0.6) is 0 Å².